The molecule has 2 aromatic heterocycles. The van der Waals surface area contributed by atoms with Gasteiger partial charge < -0.3 is 9.88 Å². The fraction of sp³-hybridized carbons (Fsp3) is 0.278. The molecule has 1 amide bonds. The van der Waals surface area contributed by atoms with E-state index in [1.807, 2.05) is 42.8 Å². The van der Waals surface area contributed by atoms with Crippen LogP contribution in [0.4, 0.5) is 0 Å². The molecule has 0 saturated heterocycles. The number of aryl methyl sites for hydroxylation is 1. The van der Waals surface area contributed by atoms with Gasteiger partial charge in [0, 0.05) is 31.4 Å². The number of benzene rings is 1. The molecular formula is C18H20N4OS. The second kappa shape index (κ2) is 7.40. The third kappa shape index (κ3) is 4.08. The van der Waals surface area contributed by atoms with E-state index in [9.17, 15) is 4.79 Å². The zero-order valence-corrected chi connectivity index (χ0v) is 14.6. The van der Waals surface area contributed by atoms with Gasteiger partial charge in [-0.3, -0.25) is 4.79 Å². The highest BCUT2D eigenvalue weighted by atomic mass is 32.1. The first kappa shape index (κ1) is 16.4. The molecule has 6 heteroatoms. The summed E-state index contributed by atoms with van der Waals surface area (Å²) in [6, 6.07) is 10.2. The lowest BCUT2D eigenvalue weighted by atomic mass is 10.2. The van der Waals surface area contributed by atoms with Gasteiger partial charge >= 0.3 is 0 Å². The molecule has 0 fully saturated rings. The van der Waals surface area contributed by atoms with Gasteiger partial charge in [0.05, 0.1) is 17.0 Å². The lowest BCUT2D eigenvalue weighted by molar-refractivity contribution is 0.0940. The number of nitrogens with zero attached hydrogens (tertiary/aromatic N) is 3. The van der Waals surface area contributed by atoms with Crippen molar-refractivity contribution in [2.24, 2.45) is 0 Å². The summed E-state index contributed by atoms with van der Waals surface area (Å²) < 4.78 is 1.95. The number of imidazole rings is 1. The van der Waals surface area contributed by atoms with Crippen LogP contribution in [0.3, 0.4) is 0 Å². The molecule has 0 bridgehead atoms. The highest BCUT2D eigenvalue weighted by Crippen LogP contribution is 2.21. The van der Waals surface area contributed by atoms with Crippen molar-refractivity contribution >= 4 is 17.2 Å². The molecule has 1 aromatic carbocycles. The maximum atomic E-state index is 12.5. The third-order valence-electron chi connectivity index (χ3n) is 3.67. The normalized spacial score (nSPS) is 12.1. The second-order valence-electron chi connectivity index (χ2n) is 5.82. The fourth-order valence-electron chi connectivity index (χ4n) is 2.55. The van der Waals surface area contributed by atoms with Crippen LogP contribution in [0.15, 0.2) is 49.1 Å². The van der Waals surface area contributed by atoms with Crippen molar-refractivity contribution < 1.29 is 4.79 Å². The van der Waals surface area contributed by atoms with Crippen molar-refractivity contribution in [3.05, 3.63) is 70.2 Å². The van der Waals surface area contributed by atoms with Gasteiger partial charge in [0.2, 0.25) is 0 Å². The van der Waals surface area contributed by atoms with Crippen molar-refractivity contribution in [1.29, 1.82) is 0 Å². The highest BCUT2D eigenvalue weighted by molar-refractivity contribution is 7.13. The molecule has 1 N–H and O–H groups in total. The van der Waals surface area contributed by atoms with Crippen molar-refractivity contribution in [2.75, 3.05) is 0 Å². The Bertz CT molecular complexity index is 796. The van der Waals surface area contributed by atoms with E-state index >= 15 is 0 Å². The van der Waals surface area contributed by atoms with Crippen LogP contribution in [-0.2, 0) is 13.0 Å². The number of amides is 1. The summed E-state index contributed by atoms with van der Waals surface area (Å²) in [4.78, 5) is 21.8. The average Bonchev–Trinajstić information content (AvgIpc) is 3.18. The number of carbonyl (C=O) groups is 1. The van der Waals surface area contributed by atoms with Crippen molar-refractivity contribution in [3.8, 4) is 0 Å². The minimum atomic E-state index is -0.0584. The van der Waals surface area contributed by atoms with Crippen LogP contribution in [0.5, 0.6) is 0 Å². The Labute approximate surface area is 145 Å². The fourth-order valence-corrected chi connectivity index (χ4v) is 3.56. The van der Waals surface area contributed by atoms with Gasteiger partial charge in [-0.2, -0.15) is 0 Å². The third-order valence-corrected chi connectivity index (χ3v) is 4.82. The van der Waals surface area contributed by atoms with Gasteiger partial charge in [-0.25, -0.2) is 9.97 Å². The first-order chi connectivity index (χ1) is 11.6. The van der Waals surface area contributed by atoms with Gasteiger partial charge in [-0.1, -0.05) is 30.3 Å². The molecule has 0 saturated carbocycles. The van der Waals surface area contributed by atoms with Crippen molar-refractivity contribution in [2.45, 2.75) is 32.9 Å². The van der Waals surface area contributed by atoms with Gasteiger partial charge in [-0.05, 0) is 19.4 Å². The smallest absolute Gasteiger partial charge is 0.263 e. The molecule has 0 spiro atoms. The molecule has 3 rings (SSSR count). The Kier molecular flexibility index (Phi) is 5.05. The minimum absolute atomic E-state index is 0.0192. The van der Waals surface area contributed by atoms with E-state index in [1.165, 1.54) is 16.9 Å². The van der Waals surface area contributed by atoms with Gasteiger partial charge in [0.1, 0.15) is 4.88 Å². The van der Waals surface area contributed by atoms with Crippen LogP contribution in [0, 0.1) is 6.92 Å². The van der Waals surface area contributed by atoms with E-state index in [4.69, 9.17) is 0 Å². The van der Waals surface area contributed by atoms with E-state index in [2.05, 4.69) is 27.4 Å². The first-order valence-electron chi connectivity index (χ1n) is 7.88. The molecule has 0 unspecified atom stereocenters. The lowest BCUT2D eigenvalue weighted by Crippen LogP contribution is -2.35. The van der Waals surface area contributed by atoms with Gasteiger partial charge in [0.15, 0.2) is 0 Å². The molecule has 0 aliphatic heterocycles. The number of aromatic nitrogens is 3. The van der Waals surface area contributed by atoms with Crippen LogP contribution in [-0.4, -0.2) is 26.5 Å². The van der Waals surface area contributed by atoms with E-state index in [0.29, 0.717) is 11.4 Å². The average molecular weight is 340 g/mol. The molecule has 124 valence electrons. The number of hydrogen-bond donors (Lipinski definition) is 1. The summed E-state index contributed by atoms with van der Waals surface area (Å²) >= 11 is 1.47. The Morgan fingerprint density at radius 3 is 2.83 bits per heavy atom. The van der Waals surface area contributed by atoms with Crippen molar-refractivity contribution in [1.82, 2.24) is 19.9 Å². The molecular weight excluding hydrogens is 320 g/mol. The SMILES string of the molecule is Cc1nc(Cc2ccccc2)sc1C(=O)N[C@H](C)Cn1ccnc1. The van der Waals surface area contributed by atoms with E-state index in [-0.39, 0.29) is 11.9 Å². The summed E-state index contributed by atoms with van der Waals surface area (Å²) in [7, 11) is 0. The predicted octanol–water partition coefficient (Wildman–Crippen LogP) is 3.06. The van der Waals surface area contributed by atoms with Crippen LogP contribution >= 0.6 is 11.3 Å². The maximum absolute atomic E-state index is 12.5. The number of thiazole rings is 1. The van der Waals surface area contributed by atoms with E-state index in [0.717, 1.165) is 17.1 Å². The lowest BCUT2D eigenvalue weighted by Gasteiger charge is -2.13. The number of rotatable bonds is 6. The summed E-state index contributed by atoms with van der Waals surface area (Å²) in [5, 5.41) is 4.00. The van der Waals surface area contributed by atoms with E-state index < -0.39 is 0 Å². The molecule has 24 heavy (non-hydrogen) atoms. The summed E-state index contributed by atoms with van der Waals surface area (Å²) in [5.41, 5.74) is 1.99. The van der Waals surface area contributed by atoms with Gasteiger partial charge in [-0.15, -0.1) is 11.3 Å². The summed E-state index contributed by atoms with van der Waals surface area (Å²) in [5.74, 6) is -0.0584. The Balaban J connectivity index is 1.64. The van der Waals surface area contributed by atoms with Crippen LogP contribution in [0.25, 0.3) is 0 Å². The quantitative estimate of drug-likeness (QED) is 0.750. The summed E-state index contributed by atoms with van der Waals surface area (Å²) in [6.07, 6.45) is 6.12. The number of hydrogen-bond acceptors (Lipinski definition) is 4. The zero-order valence-electron chi connectivity index (χ0n) is 13.8. The molecule has 0 radical (unpaired) electrons. The van der Waals surface area contributed by atoms with Crippen LogP contribution in [0.1, 0.15) is 32.9 Å². The minimum Gasteiger partial charge on any atom is -0.347 e. The zero-order chi connectivity index (χ0) is 16.9. The molecule has 0 aliphatic carbocycles. The van der Waals surface area contributed by atoms with Crippen LogP contribution in [0.2, 0.25) is 0 Å². The molecule has 3 aromatic rings. The number of nitrogens with one attached hydrogen (secondary N) is 1. The molecule has 0 aliphatic rings. The second-order valence-corrected chi connectivity index (χ2v) is 6.90. The Hall–Kier alpha value is -2.47. The standard InChI is InChI=1S/C18H20N4OS/c1-13(11-22-9-8-19-12-22)20-18(23)17-14(2)21-16(24-17)10-15-6-4-3-5-7-15/h3-9,12-13H,10-11H2,1-2H3,(H,20,23)/t13-/m1/s1. The Morgan fingerprint density at radius 2 is 2.12 bits per heavy atom. The largest absolute Gasteiger partial charge is 0.347 e. The number of carbonyl (C=O) groups excluding carboxylic acids is 1. The predicted molar refractivity (Wildman–Crippen MR) is 95.3 cm³/mol. The highest BCUT2D eigenvalue weighted by Gasteiger charge is 2.17. The first-order valence-corrected chi connectivity index (χ1v) is 8.70. The van der Waals surface area contributed by atoms with Crippen molar-refractivity contribution in [3.63, 3.8) is 0 Å². The summed E-state index contributed by atoms with van der Waals surface area (Å²) in [6.45, 7) is 4.57. The topological polar surface area (TPSA) is 59.8 Å². The van der Waals surface area contributed by atoms with E-state index in [1.54, 1.807) is 12.5 Å². The molecule has 1 atom stereocenters. The maximum Gasteiger partial charge on any atom is 0.263 e. The molecule has 2 heterocycles. The Morgan fingerprint density at radius 1 is 1.33 bits per heavy atom. The monoisotopic (exact) mass is 340 g/mol. The van der Waals surface area contributed by atoms with Gasteiger partial charge in [0.25, 0.3) is 5.91 Å². The molecule has 5 nitrogen and oxygen atoms in total. The van der Waals surface area contributed by atoms with Crippen LogP contribution < -0.4 is 5.32 Å².